The summed E-state index contributed by atoms with van der Waals surface area (Å²) in [5, 5.41) is 12.8. The Hall–Kier alpha value is -1.31. The van der Waals surface area contributed by atoms with Crippen LogP contribution in [-0.4, -0.2) is 65.3 Å². The number of carbonyl (C=O) groups is 3. The molecule has 0 aromatic carbocycles. The van der Waals surface area contributed by atoms with Gasteiger partial charge in [0.25, 0.3) is 0 Å². The number of aliphatic hydroxyl groups excluding tert-OH is 1. The lowest BCUT2D eigenvalue weighted by Gasteiger charge is -2.36. The number of likely N-dealkylation sites (tertiary alicyclic amines) is 1. The third-order valence-electron chi connectivity index (χ3n) is 5.39. The number of ketones is 2. The molecule has 4 atom stereocenters. The summed E-state index contributed by atoms with van der Waals surface area (Å²) in [6.45, 7) is 11.0. The number of Topliss-reactive ketones (excluding diaryl/α,β-unsaturated/α-hetero) is 2. The van der Waals surface area contributed by atoms with Gasteiger partial charge in [0.2, 0.25) is 5.91 Å². The predicted molar refractivity (Wildman–Crippen MR) is 110 cm³/mol. The van der Waals surface area contributed by atoms with Crippen molar-refractivity contribution in [3.8, 4) is 0 Å². The molecule has 28 heavy (non-hydrogen) atoms. The molecule has 1 rings (SSSR count). The van der Waals surface area contributed by atoms with Crippen molar-refractivity contribution >= 4 is 17.5 Å². The molecule has 1 saturated heterocycles. The van der Waals surface area contributed by atoms with E-state index in [0.29, 0.717) is 5.92 Å². The minimum atomic E-state index is -0.987. The molecule has 0 aromatic heterocycles. The van der Waals surface area contributed by atoms with E-state index in [1.165, 1.54) is 6.92 Å². The highest BCUT2D eigenvalue weighted by Gasteiger charge is 2.35. The van der Waals surface area contributed by atoms with Crippen molar-refractivity contribution in [3.63, 3.8) is 0 Å². The molecule has 4 N–H and O–H groups in total. The number of amides is 1. The van der Waals surface area contributed by atoms with Crippen LogP contribution in [0, 0.1) is 17.8 Å². The highest BCUT2D eigenvalue weighted by atomic mass is 16.3. The molecule has 162 valence electrons. The first-order chi connectivity index (χ1) is 13.1. The number of aliphatic hydroxyl groups is 1. The highest BCUT2D eigenvalue weighted by Crippen LogP contribution is 2.23. The number of hydrogen-bond donors (Lipinski definition) is 3. The first-order valence-electron chi connectivity index (χ1n) is 10.6. The van der Waals surface area contributed by atoms with Crippen molar-refractivity contribution in [1.29, 1.82) is 0 Å². The zero-order valence-electron chi connectivity index (χ0n) is 18.1. The smallest absolute Gasteiger partial charge is 0.226 e. The molecule has 1 fully saturated rings. The van der Waals surface area contributed by atoms with Gasteiger partial charge in [0.15, 0.2) is 11.6 Å². The molecule has 1 aliphatic rings. The Labute approximate surface area is 169 Å². The zero-order valence-corrected chi connectivity index (χ0v) is 18.1. The standard InChI is InChI=1S/C21H39N3O4/c1-13(2)12-24-9-7-6-8-18(24)19(26)10-16(15(5)25)21(28)23-17(11-22)20(27)14(3)4/h13-18,25H,6-12,22H2,1-5H3,(H,23,28)/t15?,16-,17-,18-/m0/s1. The lowest BCUT2D eigenvalue weighted by Crippen LogP contribution is -2.52. The summed E-state index contributed by atoms with van der Waals surface area (Å²) < 4.78 is 0. The molecular formula is C21H39N3O4. The summed E-state index contributed by atoms with van der Waals surface area (Å²) in [6.07, 6.45) is 1.84. The van der Waals surface area contributed by atoms with Crippen LogP contribution < -0.4 is 11.1 Å². The van der Waals surface area contributed by atoms with Crippen LogP contribution in [-0.2, 0) is 14.4 Å². The van der Waals surface area contributed by atoms with Crippen LogP contribution in [0.4, 0.5) is 0 Å². The zero-order chi connectivity index (χ0) is 21.4. The van der Waals surface area contributed by atoms with Gasteiger partial charge in [0.1, 0.15) is 0 Å². The van der Waals surface area contributed by atoms with Crippen molar-refractivity contribution in [1.82, 2.24) is 10.2 Å². The second kappa shape index (κ2) is 11.6. The van der Waals surface area contributed by atoms with E-state index in [2.05, 4.69) is 24.1 Å². The van der Waals surface area contributed by atoms with Crippen molar-refractivity contribution < 1.29 is 19.5 Å². The number of nitrogens with two attached hydrogens (primary N) is 1. The topological polar surface area (TPSA) is 113 Å². The molecule has 1 heterocycles. The van der Waals surface area contributed by atoms with E-state index in [-0.39, 0.29) is 36.5 Å². The molecule has 0 saturated carbocycles. The van der Waals surface area contributed by atoms with Crippen LogP contribution in [0.1, 0.15) is 60.3 Å². The number of nitrogens with one attached hydrogen (secondary N) is 1. The molecular weight excluding hydrogens is 358 g/mol. The molecule has 0 spiro atoms. The maximum atomic E-state index is 13.0. The fraction of sp³-hybridized carbons (Fsp3) is 0.857. The third kappa shape index (κ3) is 7.26. The Bertz CT molecular complexity index is 534. The van der Waals surface area contributed by atoms with Crippen LogP contribution in [0.25, 0.3) is 0 Å². The SMILES string of the molecule is CC(C)CN1CCCC[C@H]1C(=O)C[C@H](C(=O)N[C@@H](CN)C(=O)C(C)C)C(C)O. The van der Waals surface area contributed by atoms with Crippen molar-refractivity contribution in [2.75, 3.05) is 19.6 Å². The monoisotopic (exact) mass is 397 g/mol. The quantitative estimate of drug-likeness (QED) is 0.482. The number of piperidine rings is 1. The Morgan fingerprint density at radius 1 is 1.14 bits per heavy atom. The van der Waals surface area contributed by atoms with Crippen LogP contribution in [0.15, 0.2) is 0 Å². The molecule has 0 aromatic rings. The van der Waals surface area contributed by atoms with E-state index in [4.69, 9.17) is 5.73 Å². The lowest BCUT2D eigenvalue weighted by molar-refractivity contribution is -0.137. The van der Waals surface area contributed by atoms with Gasteiger partial charge in [-0.3, -0.25) is 19.3 Å². The van der Waals surface area contributed by atoms with E-state index in [1.54, 1.807) is 13.8 Å². The van der Waals surface area contributed by atoms with E-state index in [9.17, 15) is 19.5 Å². The van der Waals surface area contributed by atoms with Crippen LogP contribution in [0.2, 0.25) is 0 Å². The average Bonchev–Trinajstić information content (AvgIpc) is 2.62. The van der Waals surface area contributed by atoms with Gasteiger partial charge in [-0.25, -0.2) is 0 Å². The van der Waals surface area contributed by atoms with Gasteiger partial charge in [-0.1, -0.05) is 34.1 Å². The normalized spacial score (nSPS) is 21.4. The van der Waals surface area contributed by atoms with Crippen LogP contribution >= 0.6 is 0 Å². The second-order valence-electron chi connectivity index (χ2n) is 8.77. The maximum Gasteiger partial charge on any atom is 0.226 e. The summed E-state index contributed by atoms with van der Waals surface area (Å²) in [5.74, 6) is -1.34. The summed E-state index contributed by atoms with van der Waals surface area (Å²) in [7, 11) is 0. The molecule has 1 unspecified atom stereocenters. The number of hydrogen-bond acceptors (Lipinski definition) is 6. The lowest BCUT2D eigenvalue weighted by atomic mass is 9.88. The summed E-state index contributed by atoms with van der Waals surface area (Å²) in [4.78, 5) is 40.1. The second-order valence-corrected chi connectivity index (χ2v) is 8.77. The van der Waals surface area contributed by atoms with Gasteiger partial charge in [0.05, 0.1) is 24.1 Å². The summed E-state index contributed by atoms with van der Waals surface area (Å²) in [6, 6.07) is -0.997. The van der Waals surface area contributed by atoms with E-state index in [0.717, 1.165) is 32.4 Å². The Kier molecular flexibility index (Phi) is 10.3. The van der Waals surface area contributed by atoms with Crippen molar-refractivity contribution in [2.45, 2.75) is 78.5 Å². The molecule has 0 radical (unpaired) electrons. The maximum absolute atomic E-state index is 13.0. The minimum absolute atomic E-state index is 0.00593. The predicted octanol–water partition coefficient (Wildman–Crippen LogP) is 1.12. The fourth-order valence-electron chi connectivity index (χ4n) is 3.81. The van der Waals surface area contributed by atoms with E-state index >= 15 is 0 Å². The fourth-order valence-corrected chi connectivity index (χ4v) is 3.81. The van der Waals surface area contributed by atoms with Gasteiger partial charge in [0, 0.05) is 25.4 Å². The number of carbonyl (C=O) groups excluding carboxylic acids is 3. The first-order valence-corrected chi connectivity index (χ1v) is 10.6. The Balaban J connectivity index is 2.83. The molecule has 0 bridgehead atoms. The van der Waals surface area contributed by atoms with E-state index in [1.807, 2.05) is 0 Å². The highest BCUT2D eigenvalue weighted by molar-refractivity contribution is 5.94. The van der Waals surface area contributed by atoms with Gasteiger partial charge >= 0.3 is 0 Å². The molecule has 7 heteroatoms. The molecule has 1 amide bonds. The Morgan fingerprint density at radius 2 is 1.79 bits per heavy atom. The molecule has 7 nitrogen and oxygen atoms in total. The van der Waals surface area contributed by atoms with Gasteiger partial charge in [-0.2, -0.15) is 0 Å². The van der Waals surface area contributed by atoms with Gasteiger partial charge in [-0.15, -0.1) is 0 Å². The van der Waals surface area contributed by atoms with Crippen LogP contribution in [0.3, 0.4) is 0 Å². The first kappa shape index (κ1) is 24.7. The number of nitrogens with zero attached hydrogens (tertiary/aromatic N) is 1. The largest absolute Gasteiger partial charge is 0.393 e. The minimum Gasteiger partial charge on any atom is -0.393 e. The van der Waals surface area contributed by atoms with Crippen molar-refractivity contribution in [3.05, 3.63) is 0 Å². The number of rotatable bonds is 11. The van der Waals surface area contributed by atoms with Gasteiger partial charge < -0.3 is 16.2 Å². The van der Waals surface area contributed by atoms with E-state index < -0.39 is 24.0 Å². The van der Waals surface area contributed by atoms with Crippen molar-refractivity contribution in [2.24, 2.45) is 23.5 Å². The van der Waals surface area contributed by atoms with Crippen LogP contribution in [0.5, 0.6) is 0 Å². The summed E-state index contributed by atoms with van der Waals surface area (Å²) >= 11 is 0. The van der Waals surface area contributed by atoms with Gasteiger partial charge in [-0.05, 0) is 32.2 Å². The third-order valence-corrected chi connectivity index (χ3v) is 5.39. The molecule has 1 aliphatic heterocycles. The summed E-state index contributed by atoms with van der Waals surface area (Å²) in [5.41, 5.74) is 5.65. The molecule has 0 aliphatic carbocycles. The average molecular weight is 398 g/mol. The Morgan fingerprint density at radius 3 is 2.29 bits per heavy atom.